The van der Waals surface area contributed by atoms with Gasteiger partial charge in [-0.1, -0.05) is 12.1 Å². The molecule has 0 aliphatic carbocycles. The highest BCUT2D eigenvalue weighted by molar-refractivity contribution is 5.84. The van der Waals surface area contributed by atoms with Crippen molar-refractivity contribution in [3.05, 3.63) is 53.1 Å². The zero-order valence-electron chi connectivity index (χ0n) is 15.5. The molecule has 0 aliphatic rings. The molecule has 5 heteroatoms. The Hall–Kier alpha value is -2.69. The molecule has 0 spiro atoms. The Morgan fingerprint density at radius 2 is 1.64 bits per heavy atom. The van der Waals surface area contributed by atoms with Gasteiger partial charge in [-0.15, -0.1) is 0 Å². The number of carbonyl (C=O) groups is 1. The van der Waals surface area contributed by atoms with E-state index in [1.807, 2.05) is 51.1 Å². The molecular weight excluding hydrogens is 316 g/mol. The molecule has 2 aromatic rings. The van der Waals surface area contributed by atoms with Crippen LogP contribution in [-0.2, 0) is 11.3 Å². The van der Waals surface area contributed by atoms with Crippen LogP contribution < -0.4 is 20.1 Å². The van der Waals surface area contributed by atoms with Crippen LogP contribution in [0, 0.1) is 13.8 Å². The quantitative estimate of drug-likeness (QED) is 0.809. The highest BCUT2D eigenvalue weighted by Gasteiger charge is 2.13. The van der Waals surface area contributed by atoms with Gasteiger partial charge < -0.3 is 20.1 Å². The molecule has 0 aliphatic heterocycles. The first-order valence-electron chi connectivity index (χ1n) is 8.26. The van der Waals surface area contributed by atoms with Crippen LogP contribution in [0.1, 0.15) is 23.6 Å². The Kier molecular flexibility index (Phi) is 6.28. The molecule has 2 rings (SSSR count). The molecule has 0 radical (unpaired) electrons. The summed E-state index contributed by atoms with van der Waals surface area (Å²) in [5.74, 6) is 1.26. The second-order valence-corrected chi connectivity index (χ2v) is 6.15. The summed E-state index contributed by atoms with van der Waals surface area (Å²) < 4.78 is 10.5. The number of ether oxygens (including phenoxy) is 2. The number of nitrogens with one attached hydrogen (secondary N) is 2. The van der Waals surface area contributed by atoms with Crippen molar-refractivity contribution in [2.75, 3.05) is 19.5 Å². The summed E-state index contributed by atoms with van der Waals surface area (Å²) in [5, 5.41) is 6.18. The van der Waals surface area contributed by atoms with Crippen LogP contribution in [0.3, 0.4) is 0 Å². The fourth-order valence-electron chi connectivity index (χ4n) is 2.71. The van der Waals surface area contributed by atoms with E-state index in [4.69, 9.17) is 9.47 Å². The summed E-state index contributed by atoms with van der Waals surface area (Å²) in [6.45, 7) is 6.36. The first kappa shape index (κ1) is 18.6. The lowest BCUT2D eigenvalue weighted by molar-refractivity contribution is -0.121. The molecule has 0 saturated heterocycles. The molecule has 1 unspecified atom stereocenters. The van der Waals surface area contributed by atoms with Gasteiger partial charge in [0.05, 0.1) is 14.2 Å². The van der Waals surface area contributed by atoms with E-state index in [1.54, 1.807) is 14.2 Å². The average molecular weight is 342 g/mol. The third kappa shape index (κ3) is 5.14. The zero-order chi connectivity index (χ0) is 18.4. The molecule has 134 valence electrons. The van der Waals surface area contributed by atoms with Crippen molar-refractivity contribution in [1.29, 1.82) is 0 Å². The molecule has 2 aromatic carbocycles. The van der Waals surface area contributed by atoms with Crippen molar-refractivity contribution in [2.45, 2.75) is 33.4 Å². The van der Waals surface area contributed by atoms with Gasteiger partial charge in [0.1, 0.15) is 6.04 Å². The van der Waals surface area contributed by atoms with Gasteiger partial charge in [-0.2, -0.15) is 0 Å². The molecule has 0 bridgehead atoms. The van der Waals surface area contributed by atoms with Crippen molar-refractivity contribution >= 4 is 11.6 Å². The topological polar surface area (TPSA) is 59.6 Å². The molecule has 0 aromatic heterocycles. The lowest BCUT2D eigenvalue weighted by atomic mass is 10.1. The molecule has 25 heavy (non-hydrogen) atoms. The summed E-state index contributed by atoms with van der Waals surface area (Å²) >= 11 is 0. The van der Waals surface area contributed by atoms with Crippen molar-refractivity contribution in [3.8, 4) is 11.5 Å². The molecule has 5 nitrogen and oxygen atoms in total. The number of carbonyl (C=O) groups excluding carboxylic acids is 1. The van der Waals surface area contributed by atoms with Crippen LogP contribution in [-0.4, -0.2) is 26.2 Å². The Morgan fingerprint density at radius 1 is 1.00 bits per heavy atom. The van der Waals surface area contributed by atoms with E-state index in [0.29, 0.717) is 18.0 Å². The number of methoxy groups -OCH3 is 2. The number of amides is 1. The molecule has 2 N–H and O–H groups in total. The maximum absolute atomic E-state index is 12.3. The maximum Gasteiger partial charge on any atom is 0.242 e. The van der Waals surface area contributed by atoms with Gasteiger partial charge in [0.2, 0.25) is 5.91 Å². The summed E-state index contributed by atoms with van der Waals surface area (Å²) in [5.41, 5.74) is 4.23. The van der Waals surface area contributed by atoms with Gasteiger partial charge in [0.25, 0.3) is 0 Å². The molecule has 0 fully saturated rings. The lowest BCUT2D eigenvalue weighted by Crippen LogP contribution is -2.37. The van der Waals surface area contributed by atoms with E-state index in [9.17, 15) is 4.79 Å². The first-order valence-corrected chi connectivity index (χ1v) is 8.26. The number of hydrogen-bond acceptors (Lipinski definition) is 4. The van der Waals surface area contributed by atoms with Crippen LogP contribution in [0.25, 0.3) is 0 Å². The van der Waals surface area contributed by atoms with Crippen molar-refractivity contribution in [3.63, 3.8) is 0 Å². The maximum atomic E-state index is 12.3. The van der Waals surface area contributed by atoms with E-state index < -0.39 is 0 Å². The second-order valence-electron chi connectivity index (χ2n) is 6.15. The number of benzene rings is 2. The number of anilines is 1. The molecule has 0 heterocycles. The van der Waals surface area contributed by atoms with Crippen LogP contribution in [0.5, 0.6) is 11.5 Å². The highest BCUT2D eigenvalue weighted by atomic mass is 16.5. The fraction of sp³-hybridized carbons (Fsp3) is 0.350. The second kappa shape index (κ2) is 8.42. The van der Waals surface area contributed by atoms with Gasteiger partial charge in [-0.3, -0.25) is 4.79 Å². The SMILES string of the molecule is COc1ccc(CNC(=O)C(C)Nc2cc(C)cc(C)c2)cc1OC. The minimum absolute atomic E-state index is 0.0612. The standard InChI is InChI=1S/C20H26N2O3/c1-13-8-14(2)10-17(9-13)22-15(3)20(23)21-12-16-6-7-18(24-4)19(11-16)25-5/h6-11,15,22H,12H2,1-5H3,(H,21,23). The van der Waals surface area contributed by atoms with E-state index in [1.165, 1.54) is 11.1 Å². The monoisotopic (exact) mass is 342 g/mol. The van der Waals surface area contributed by atoms with E-state index in [0.717, 1.165) is 11.3 Å². The molecular formula is C20H26N2O3. The predicted octanol–water partition coefficient (Wildman–Crippen LogP) is 3.44. The summed E-state index contributed by atoms with van der Waals surface area (Å²) in [7, 11) is 3.19. The first-order chi connectivity index (χ1) is 11.9. The highest BCUT2D eigenvalue weighted by Crippen LogP contribution is 2.27. The summed E-state index contributed by atoms with van der Waals surface area (Å²) in [4.78, 5) is 12.3. The number of hydrogen-bond donors (Lipinski definition) is 2. The van der Waals surface area contributed by atoms with Gasteiger partial charge in [-0.25, -0.2) is 0 Å². The number of aryl methyl sites for hydroxylation is 2. The van der Waals surface area contributed by atoms with E-state index in [-0.39, 0.29) is 11.9 Å². The van der Waals surface area contributed by atoms with Crippen molar-refractivity contribution in [2.24, 2.45) is 0 Å². The lowest BCUT2D eigenvalue weighted by Gasteiger charge is -2.17. The Balaban J connectivity index is 1.95. The summed E-state index contributed by atoms with van der Waals surface area (Å²) in [6, 6.07) is 11.4. The Labute approximate surface area is 149 Å². The van der Waals surface area contributed by atoms with Gasteiger partial charge >= 0.3 is 0 Å². The largest absolute Gasteiger partial charge is 0.493 e. The van der Waals surface area contributed by atoms with Crippen LogP contribution in [0.4, 0.5) is 5.69 Å². The van der Waals surface area contributed by atoms with Gasteiger partial charge in [0.15, 0.2) is 11.5 Å². The third-order valence-corrected chi connectivity index (χ3v) is 3.91. The normalized spacial score (nSPS) is 11.6. The molecule has 0 saturated carbocycles. The van der Waals surface area contributed by atoms with Gasteiger partial charge in [-0.05, 0) is 61.7 Å². The van der Waals surface area contributed by atoms with E-state index >= 15 is 0 Å². The minimum atomic E-state index is -0.332. The van der Waals surface area contributed by atoms with Crippen molar-refractivity contribution < 1.29 is 14.3 Å². The van der Waals surface area contributed by atoms with Crippen LogP contribution in [0.2, 0.25) is 0 Å². The van der Waals surface area contributed by atoms with Crippen LogP contribution in [0.15, 0.2) is 36.4 Å². The molecule has 1 atom stereocenters. The zero-order valence-corrected chi connectivity index (χ0v) is 15.5. The number of rotatable bonds is 7. The fourth-order valence-corrected chi connectivity index (χ4v) is 2.71. The Bertz CT molecular complexity index is 723. The average Bonchev–Trinajstić information content (AvgIpc) is 2.58. The van der Waals surface area contributed by atoms with Gasteiger partial charge in [0, 0.05) is 12.2 Å². The predicted molar refractivity (Wildman–Crippen MR) is 100 cm³/mol. The van der Waals surface area contributed by atoms with E-state index in [2.05, 4.69) is 16.7 Å². The minimum Gasteiger partial charge on any atom is -0.493 e. The molecule has 1 amide bonds. The third-order valence-electron chi connectivity index (χ3n) is 3.91. The summed E-state index contributed by atoms with van der Waals surface area (Å²) in [6.07, 6.45) is 0. The smallest absolute Gasteiger partial charge is 0.242 e. The Morgan fingerprint density at radius 3 is 2.24 bits per heavy atom. The van der Waals surface area contributed by atoms with Crippen LogP contribution >= 0.6 is 0 Å². The van der Waals surface area contributed by atoms with Crippen molar-refractivity contribution in [1.82, 2.24) is 5.32 Å².